The van der Waals surface area contributed by atoms with E-state index in [1.807, 2.05) is 5.32 Å². The molecule has 20 heavy (non-hydrogen) atoms. The third-order valence-electron chi connectivity index (χ3n) is 2.16. The number of carboxylic acid groups (broad SMARTS) is 2. The molecule has 1 aromatic rings. The molecule has 0 aromatic heterocycles. The monoisotopic (exact) mass is 348 g/mol. The molecule has 0 unspecified atom stereocenters. The average Bonchev–Trinajstić information content (AvgIpc) is 2.32. The Morgan fingerprint density at radius 1 is 1.30 bits per heavy atom. The van der Waals surface area contributed by atoms with Gasteiger partial charge in [-0.25, -0.2) is 14.0 Å². The first-order chi connectivity index (χ1) is 9.29. The summed E-state index contributed by atoms with van der Waals surface area (Å²) in [5.74, 6) is -3.46. The summed E-state index contributed by atoms with van der Waals surface area (Å²) in [5.41, 5.74) is 0.0997. The highest BCUT2D eigenvalue weighted by molar-refractivity contribution is 9.10. The van der Waals surface area contributed by atoms with E-state index in [1.54, 1.807) is 0 Å². The number of amides is 2. The molecule has 0 saturated carbocycles. The maximum Gasteiger partial charge on any atom is 0.326 e. The number of hydrogen-bond acceptors (Lipinski definition) is 3. The Balaban J connectivity index is 2.67. The molecule has 0 radical (unpaired) electrons. The summed E-state index contributed by atoms with van der Waals surface area (Å²) in [6.45, 7) is 0. The number of hydrogen-bond donors (Lipinski definition) is 4. The predicted molar refractivity (Wildman–Crippen MR) is 69.9 cm³/mol. The van der Waals surface area contributed by atoms with Gasteiger partial charge in [0.1, 0.15) is 11.9 Å². The van der Waals surface area contributed by atoms with Crippen LogP contribution < -0.4 is 10.6 Å². The summed E-state index contributed by atoms with van der Waals surface area (Å²) in [4.78, 5) is 32.7. The van der Waals surface area contributed by atoms with Crippen molar-refractivity contribution in [2.75, 3.05) is 5.32 Å². The van der Waals surface area contributed by atoms with Gasteiger partial charge in [-0.15, -0.1) is 0 Å². The number of carboxylic acids is 2. The van der Waals surface area contributed by atoms with Crippen LogP contribution in [0, 0.1) is 5.82 Å². The van der Waals surface area contributed by atoms with Crippen molar-refractivity contribution in [2.24, 2.45) is 0 Å². The maximum atomic E-state index is 13.2. The maximum absolute atomic E-state index is 13.2. The lowest BCUT2D eigenvalue weighted by atomic mass is 10.2. The molecular weight excluding hydrogens is 339 g/mol. The highest BCUT2D eigenvalue weighted by Crippen LogP contribution is 2.19. The second-order valence-corrected chi connectivity index (χ2v) is 4.57. The van der Waals surface area contributed by atoms with Crippen LogP contribution in [-0.2, 0) is 9.59 Å². The Morgan fingerprint density at radius 3 is 2.45 bits per heavy atom. The van der Waals surface area contributed by atoms with Crippen LogP contribution in [0.4, 0.5) is 14.9 Å². The van der Waals surface area contributed by atoms with E-state index in [0.717, 1.165) is 6.07 Å². The van der Waals surface area contributed by atoms with Crippen molar-refractivity contribution in [1.82, 2.24) is 5.32 Å². The smallest absolute Gasteiger partial charge is 0.326 e. The number of aliphatic carboxylic acids is 2. The summed E-state index contributed by atoms with van der Waals surface area (Å²) in [6.07, 6.45) is -0.766. The zero-order valence-corrected chi connectivity index (χ0v) is 11.5. The molecule has 2 amide bonds. The third-order valence-corrected chi connectivity index (χ3v) is 2.80. The van der Waals surface area contributed by atoms with Gasteiger partial charge < -0.3 is 20.8 Å². The fraction of sp³-hybridized carbons (Fsp3) is 0.182. The number of benzene rings is 1. The van der Waals surface area contributed by atoms with Crippen LogP contribution in [0.2, 0.25) is 0 Å². The molecule has 1 rings (SSSR count). The Hall–Kier alpha value is -2.16. The van der Waals surface area contributed by atoms with Crippen LogP contribution in [0.3, 0.4) is 0 Å². The van der Waals surface area contributed by atoms with Crippen molar-refractivity contribution in [3.05, 3.63) is 28.5 Å². The molecule has 4 N–H and O–H groups in total. The molecule has 1 atom stereocenters. The minimum absolute atomic E-state index is 0.0997. The molecule has 0 bridgehead atoms. The van der Waals surface area contributed by atoms with Gasteiger partial charge in [0.05, 0.1) is 10.9 Å². The van der Waals surface area contributed by atoms with E-state index in [1.165, 1.54) is 12.1 Å². The van der Waals surface area contributed by atoms with Gasteiger partial charge in [0, 0.05) is 5.69 Å². The number of halogens is 2. The minimum Gasteiger partial charge on any atom is -0.481 e. The quantitative estimate of drug-likeness (QED) is 0.645. The van der Waals surface area contributed by atoms with E-state index < -0.39 is 36.2 Å². The number of carbonyl (C=O) groups is 3. The zero-order valence-electron chi connectivity index (χ0n) is 9.89. The van der Waals surface area contributed by atoms with Crippen LogP contribution in [-0.4, -0.2) is 34.2 Å². The summed E-state index contributed by atoms with van der Waals surface area (Å²) >= 11 is 2.94. The molecule has 0 fully saturated rings. The van der Waals surface area contributed by atoms with E-state index in [9.17, 15) is 18.8 Å². The lowest BCUT2D eigenvalue weighted by Gasteiger charge is -2.13. The summed E-state index contributed by atoms with van der Waals surface area (Å²) in [7, 11) is 0. The molecule has 9 heteroatoms. The zero-order chi connectivity index (χ0) is 15.3. The molecule has 7 nitrogen and oxygen atoms in total. The lowest BCUT2D eigenvalue weighted by molar-refractivity contribution is -0.145. The second-order valence-electron chi connectivity index (χ2n) is 3.72. The van der Waals surface area contributed by atoms with Crippen LogP contribution >= 0.6 is 15.9 Å². The van der Waals surface area contributed by atoms with Gasteiger partial charge in [-0.2, -0.15) is 0 Å². The van der Waals surface area contributed by atoms with Crippen LogP contribution in [0.25, 0.3) is 0 Å². The molecule has 0 aliphatic carbocycles. The standard InChI is InChI=1S/C11H10BrFN2O5/c12-6-2-1-5(3-7(6)13)14-11(20)15-8(10(18)19)4-9(16)17/h1-3,8H,4H2,(H,16,17)(H,18,19)(H2,14,15,20)/t8-/m1/s1. The molecule has 0 aliphatic rings. The number of rotatable bonds is 5. The Kier molecular flexibility index (Phi) is 5.44. The Bertz CT molecular complexity index is 552. The fourth-order valence-corrected chi connectivity index (χ4v) is 1.52. The van der Waals surface area contributed by atoms with E-state index in [4.69, 9.17) is 10.2 Å². The second kappa shape index (κ2) is 6.85. The van der Waals surface area contributed by atoms with Crippen molar-refractivity contribution in [1.29, 1.82) is 0 Å². The predicted octanol–water partition coefficient (Wildman–Crippen LogP) is 1.64. The minimum atomic E-state index is -1.58. The van der Waals surface area contributed by atoms with Crippen molar-refractivity contribution in [3.8, 4) is 0 Å². The van der Waals surface area contributed by atoms with E-state index in [0.29, 0.717) is 0 Å². The number of anilines is 1. The van der Waals surface area contributed by atoms with Crippen LogP contribution in [0.1, 0.15) is 6.42 Å². The molecule has 108 valence electrons. The number of nitrogens with one attached hydrogen (secondary N) is 2. The highest BCUT2D eigenvalue weighted by Gasteiger charge is 2.23. The largest absolute Gasteiger partial charge is 0.481 e. The molecule has 0 heterocycles. The first-order valence-corrected chi connectivity index (χ1v) is 6.06. The van der Waals surface area contributed by atoms with Crippen LogP contribution in [0.15, 0.2) is 22.7 Å². The topological polar surface area (TPSA) is 116 Å². The SMILES string of the molecule is O=C(O)C[C@@H](NC(=O)Nc1ccc(Br)c(F)c1)C(=O)O. The molecule has 0 spiro atoms. The van der Waals surface area contributed by atoms with E-state index in [-0.39, 0.29) is 10.2 Å². The van der Waals surface area contributed by atoms with Crippen molar-refractivity contribution < 1.29 is 29.0 Å². The van der Waals surface area contributed by atoms with Gasteiger partial charge in [0.2, 0.25) is 0 Å². The fourth-order valence-electron chi connectivity index (χ4n) is 1.27. The van der Waals surface area contributed by atoms with Gasteiger partial charge in [-0.1, -0.05) is 0 Å². The number of urea groups is 1. The first-order valence-electron chi connectivity index (χ1n) is 5.26. The van der Waals surface area contributed by atoms with Gasteiger partial charge in [0.25, 0.3) is 0 Å². The Labute approximate surface area is 120 Å². The normalized spacial score (nSPS) is 11.5. The molecule has 0 saturated heterocycles. The molecular formula is C11H10BrFN2O5. The Morgan fingerprint density at radius 2 is 1.95 bits per heavy atom. The highest BCUT2D eigenvalue weighted by atomic mass is 79.9. The molecule has 0 aliphatic heterocycles. The summed E-state index contributed by atoms with van der Waals surface area (Å²) in [5, 5.41) is 21.4. The summed E-state index contributed by atoms with van der Waals surface area (Å²) in [6, 6.07) is 1.25. The van der Waals surface area contributed by atoms with E-state index in [2.05, 4.69) is 21.2 Å². The first kappa shape index (κ1) is 15.9. The molecule has 1 aromatic carbocycles. The van der Waals surface area contributed by atoms with Gasteiger partial charge in [-0.05, 0) is 34.1 Å². The summed E-state index contributed by atoms with van der Waals surface area (Å²) < 4.78 is 13.4. The van der Waals surface area contributed by atoms with Crippen molar-refractivity contribution in [2.45, 2.75) is 12.5 Å². The van der Waals surface area contributed by atoms with E-state index >= 15 is 0 Å². The van der Waals surface area contributed by atoms with Gasteiger partial charge in [-0.3, -0.25) is 4.79 Å². The van der Waals surface area contributed by atoms with Crippen molar-refractivity contribution in [3.63, 3.8) is 0 Å². The average molecular weight is 349 g/mol. The van der Waals surface area contributed by atoms with Gasteiger partial charge >= 0.3 is 18.0 Å². The third kappa shape index (κ3) is 4.84. The number of carbonyl (C=O) groups excluding carboxylic acids is 1. The van der Waals surface area contributed by atoms with Gasteiger partial charge in [0.15, 0.2) is 0 Å². The lowest BCUT2D eigenvalue weighted by Crippen LogP contribution is -2.44. The van der Waals surface area contributed by atoms with Crippen molar-refractivity contribution >= 4 is 39.6 Å². The van der Waals surface area contributed by atoms with Crippen LogP contribution in [0.5, 0.6) is 0 Å².